The van der Waals surface area contributed by atoms with E-state index in [4.69, 9.17) is 9.15 Å². The Balaban J connectivity index is 1.79. The van der Waals surface area contributed by atoms with Crippen LogP contribution in [0.1, 0.15) is 29.2 Å². The fourth-order valence-corrected chi connectivity index (χ4v) is 1.50. The summed E-state index contributed by atoms with van der Waals surface area (Å²) in [6.45, 7) is 1.38. The van der Waals surface area contributed by atoms with Crippen LogP contribution in [0.25, 0.3) is 0 Å². The number of carbonyl (C=O) groups excluding carboxylic acids is 2. The van der Waals surface area contributed by atoms with Crippen molar-refractivity contribution in [2.24, 2.45) is 0 Å². The van der Waals surface area contributed by atoms with Gasteiger partial charge in [-0.2, -0.15) is 0 Å². The van der Waals surface area contributed by atoms with Crippen molar-refractivity contribution >= 4 is 11.9 Å². The molecule has 1 atom stereocenters. The van der Waals surface area contributed by atoms with E-state index in [-0.39, 0.29) is 18.3 Å². The van der Waals surface area contributed by atoms with E-state index in [1.807, 2.05) is 0 Å². The van der Waals surface area contributed by atoms with Gasteiger partial charge in [0, 0.05) is 12.4 Å². The molecule has 2 heterocycles. The van der Waals surface area contributed by atoms with E-state index in [9.17, 15) is 9.59 Å². The molecule has 2 aromatic rings. The Hall–Kier alpha value is -2.70. The predicted molar refractivity (Wildman–Crippen MR) is 67.6 cm³/mol. The molecule has 2 rings (SSSR count). The summed E-state index contributed by atoms with van der Waals surface area (Å²) in [4.78, 5) is 30.7. The van der Waals surface area contributed by atoms with Crippen molar-refractivity contribution in [1.82, 2.24) is 15.3 Å². The maximum Gasteiger partial charge on any atom is 0.359 e. The summed E-state index contributed by atoms with van der Waals surface area (Å²) in [6, 6.07) is 3.18. The maximum atomic E-state index is 11.6. The molecule has 104 valence electrons. The molecule has 0 spiro atoms. The highest BCUT2D eigenvalue weighted by atomic mass is 16.5. The molecule has 0 fully saturated rings. The summed E-state index contributed by atoms with van der Waals surface area (Å²) in [5.74, 6) is -0.497. The number of rotatable bonds is 5. The number of hydrogen-bond acceptors (Lipinski definition) is 6. The molecular weight excluding hydrogens is 262 g/mol. The van der Waals surface area contributed by atoms with Crippen molar-refractivity contribution in [1.29, 1.82) is 0 Å². The number of carbonyl (C=O) groups is 2. The number of nitrogens with zero attached hydrogens (tertiary/aromatic N) is 2. The van der Waals surface area contributed by atoms with Gasteiger partial charge in [0.15, 0.2) is 12.3 Å². The lowest BCUT2D eigenvalue weighted by atomic mass is 10.2. The molecule has 0 saturated heterocycles. The second kappa shape index (κ2) is 6.46. The van der Waals surface area contributed by atoms with Gasteiger partial charge in [-0.1, -0.05) is 0 Å². The first-order valence-corrected chi connectivity index (χ1v) is 5.92. The second-order valence-corrected chi connectivity index (χ2v) is 3.97. The number of esters is 1. The Bertz CT molecular complexity index is 569. The van der Waals surface area contributed by atoms with Crippen LogP contribution in [0.4, 0.5) is 0 Å². The van der Waals surface area contributed by atoms with Crippen LogP contribution in [-0.2, 0) is 9.53 Å². The molecule has 7 nitrogen and oxygen atoms in total. The summed E-state index contributed by atoms with van der Waals surface area (Å²) < 4.78 is 9.97. The molecule has 0 aliphatic heterocycles. The molecule has 1 N–H and O–H groups in total. The topological polar surface area (TPSA) is 94.3 Å². The number of nitrogens with one attached hydrogen (secondary N) is 1. The molecule has 0 saturated carbocycles. The Kier molecular flexibility index (Phi) is 4.43. The van der Waals surface area contributed by atoms with Crippen LogP contribution >= 0.6 is 0 Å². The molecular formula is C13H13N3O4. The Morgan fingerprint density at radius 1 is 1.45 bits per heavy atom. The lowest BCUT2D eigenvalue weighted by Gasteiger charge is -2.11. The van der Waals surface area contributed by atoms with Crippen LogP contribution in [0, 0.1) is 0 Å². The number of amides is 1. The number of aromatic nitrogens is 2. The van der Waals surface area contributed by atoms with Gasteiger partial charge in [-0.25, -0.2) is 9.78 Å². The average molecular weight is 275 g/mol. The maximum absolute atomic E-state index is 11.6. The van der Waals surface area contributed by atoms with Crippen LogP contribution in [0.2, 0.25) is 0 Å². The molecule has 20 heavy (non-hydrogen) atoms. The van der Waals surface area contributed by atoms with Gasteiger partial charge in [0.2, 0.25) is 0 Å². The van der Waals surface area contributed by atoms with E-state index in [0.717, 1.165) is 0 Å². The van der Waals surface area contributed by atoms with Crippen LogP contribution in [0.15, 0.2) is 41.4 Å². The van der Waals surface area contributed by atoms with Crippen molar-refractivity contribution in [2.45, 2.75) is 13.0 Å². The van der Waals surface area contributed by atoms with Gasteiger partial charge in [0.05, 0.1) is 18.5 Å². The molecule has 1 amide bonds. The number of furan rings is 1. The Morgan fingerprint density at radius 3 is 2.95 bits per heavy atom. The van der Waals surface area contributed by atoms with Gasteiger partial charge in [0.25, 0.3) is 5.91 Å². The summed E-state index contributed by atoms with van der Waals surface area (Å²) in [5.41, 5.74) is 0.0550. The van der Waals surface area contributed by atoms with Crippen molar-refractivity contribution in [3.8, 4) is 0 Å². The third-order valence-corrected chi connectivity index (χ3v) is 2.45. The highest BCUT2D eigenvalue weighted by Gasteiger charge is 2.15. The zero-order valence-electron chi connectivity index (χ0n) is 10.8. The zero-order chi connectivity index (χ0) is 14.4. The van der Waals surface area contributed by atoms with Gasteiger partial charge in [0.1, 0.15) is 5.76 Å². The smallest absolute Gasteiger partial charge is 0.359 e. The molecule has 0 radical (unpaired) electrons. The van der Waals surface area contributed by atoms with Crippen molar-refractivity contribution in [2.75, 3.05) is 6.61 Å². The number of ether oxygens (including phenoxy) is 1. The molecule has 0 bridgehead atoms. The van der Waals surface area contributed by atoms with E-state index in [1.54, 1.807) is 19.1 Å². The van der Waals surface area contributed by atoms with E-state index in [0.29, 0.717) is 5.76 Å². The van der Waals surface area contributed by atoms with Crippen molar-refractivity contribution < 1.29 is 18.7 Å². The van der Waals surface area contributed by atoms with Gasteiger partial charge < -0.3 is 14.5 Å². The normalized spacial score (nSPS) is 11.7. The van der Waals surface area contributed by atoms with Crippen molar-refractivity contribution in [3.63, 3.8) is 0 Å². The minimum atomic E-state index is -0.695. The van der Waals surface area contributed by atoms with Crippen LogP contribution in [0.3, 0.4) is 0 Å². The van der Waals surface area contributed by atoms with Crippen molar-refractivity contribution in [3.05, 3.63) is 48.4 Å². The fraction of sp³-hybridized carbons (Fsp3) is 0.231. The van der Waals surface area contributed by atoms with E-state index in [1.165, 1.54) is 24.9 Å². The van der Waals surface area contributed by atoms with Crippen LogP contribution < -0.4 is 5.32 Å². The average Bonchev–Trinajstić information content (AvgIpc) is 3.00. The largest absolute Gasteiger partial charge is 0.467 e. The third kappa shape index (κ3) is 3.64. The Morgan fingerprint density at radius 2 is 2.30 bits per heavy atom. The SMILES string of the molecule is C[C@H](NC(=O)COC(=O)c1cnccn1)c1ccco1. The second-order valence-electron chi connectivity index (χ2n) is 3.97. The third-order valence-electron chi connectivity index (χ3n) is 2.45. The molecule has 0 aliphatic carbocycles. The Labute approximate surface area is 115 Å². The van der Waals surface area contributed by atoms with E-state index < -0.39 is 11.9 Å². The standard InChI is InChI=1S/C13H13N3O4/c1-9(11-3-2-6-19-11)16-12(17)8-20-13(18)10-7-14-4-5-15-10/h2-7,9H,8H2,1H3,(H,16,17)/t9-/m0/s1. The minimum absolute atomic E-state index is 0.0550. The number of hydrogen-bond donors (Lipinski definition) is 1. The molecule has 0 aliphatic rings. The van der Waals surface area contributed by atoms with Gasteiger partial charge >= 0.3 is 5.97 Å². The predicted octanol–water partition coefficient (Wildman–Crippen LogP) is 1.10. The monoisotopic (exact) mass is 275 g/mol. The van der Waals surface area contributed by atoms with Gasteiger partial charge in [-0.05, 0) is 19.1 Å². The van der Waals surface area contributed by atoms with Gasteiger partial charge in [-0.15, -0.1) is 0 Å². The molecule has 0 aromatic carbocycles. The first-order valence-electron chi connectivity index (χ1n) is 5.92. The molecule has 7 heteroatoms. The summed E-state index contributed by atoms with van der Waals surface area (Å²) in [5, 5.41) is 2.64. The first kappa shape index (κ1) is 13.7. The highest BCUT2D eigenvalue weighted by molar-refractivity contribution is 5.89. The summed E-state index contributed by atoms with van der Waals surface area (Å²) >= 11 is 0. The minimum Gasteiger partial charge on any atom is -0.467 e. The summed E-state index contributed by atoms with van der Waals surface area (Å²) in [7, 11) is 0. The molecule has 0 unspecified atom stereocenters. The lowest BCUT2D eigenvalue weighted by molar-refractivity contribution is -0.125. The van der Waals surface area contributed by atoms with E-state index in [2.05, 4.69) is 15.3 Å². The van der Waals surface area contributed by atoms with Crippen LogP contribution in [0.5, 0.6) is 0 Å². The zero-order valence-corrected chi connectivity index (χ0v) is 10.8. The lowest BCUT2D eigenvalue weighted by Crippen LogP contribution is -2.31. The molecule has 2 aromatic heterocycles. The van der Waals surface area contributed by atoms with Crippen LogP contribution in [-0.4, -0.2) is 28.5 Å². The quantitative estimate of drug-likeness (QED) is 0.821. The fourth-order valence-electron chi connectivity index (χ4n) is 1.50. The first-order chi connectivity index (χ1) is 9.66. The highest BCUT2D eigenvalue weighted by Crippen LogP contribution is 2.11. The van der Waals surface area contributed by atoms with Gasteiger partial charge in [-0.3, -0.25) is 9.78 Å². The summed E-state index contributed by atoms with van der Waals surface area (Å²) in [6.07, 6.45) is 5.60. The van der Waals surface area contributed by atoms with E-state index >= 15 is 0 Å².